The molecule has 0 saturated heterocycles. The Hall–Kier alpha value is -2.47. The van der Waals surface area contributed by atoms with Gasteiger partial charge in [-0.05, 0) is 18.6 Å². The molecule has 0 saturated carbocycles. The van der Waals surface area contributed by atoms with Crippen LogP contribution < -0.4 is 0 Å². The number of amides is 2. The average molecular weight is 286 g/mol. The second kappa shape index (κ2) is 5.49. The van der Waals surface area contributed by atoms with Gasteiger partial charge in [0.2, 0.25) is 0 Å². The summed E-state index contributed by atoms with van der Waals surface area (Å²) in [5.41, 5.74) is 1.37. The number of aliphatic hydroxyl groups excluding tert-OH is 1. The van der Waals surface area contributed by atoms with Crippen LogP contribution in [0.3, 0.4) is 0 Å². The highest BCUT2D eigenvalue weighted by Crippen LogP contribution is 2.24. The summed E-state index contributed by atoms with van der Waals surface area (Å²) in [7, 11) is 0. The van der Waals surface area contributed by atoms with E-state index >= 15 is 0 Å². The Labute approximate surface area is 121 Å². The van der Waals surface area contributed by atoms with Crippen molar-refractivity contribution in [1.82, 2.24) is 10.1 Å². The number of aromatic nitrogens is 1. The van der Waals surface area contributed by atoms with E-state index in [9.17, 15) is 9.59 Å². The Morgan fingerprint density at radius 1 is 1.14 bits per heavy atom. The molecule has 0 atom stereocenters. The predicted octanol–water partition coefficient (Wildman–Crippen LogP) is 1.40. The molecule has 108 valence electrons. The van der Waals surface area contributed by atoms with Gasteiger partial charge in [0.05, 0.1) is 17.7 Å². The smallest absolute Gasteiger partial charge is 0.261 e. The molecule has 6 nitrogen and oxygen atoms in total. The molecule has 0 radical (unpaired) electrons. The van der Waals surface area contributed by atoms with Crippen LogP contribution in [0, 0.1) is 0 Å². The Balaban J connectivity index is 1.76. The molecule has 2 amide bonds. The summed E-state index contributed by atoms with van der Waals surface area (Å²) in [5, 5.41) is 12.6. The molecule has 0 aliphatic carbocycles. The third-order valence-electron chi connectivity index (χ3n) is 3.39. The van der Waals surface area contributed by atoms with Crippen LogP contribution >= 0.6 is 0 Å². The number of aliphatic hydroxyl groups is 1. The molecule has 1 N–H and O–H groups in total. The van der Waals surface area contributed by atoms with Gasteiger partial charge in [0.15, 0.2) is 0 Å². The average Bonchev–Trinajstić information content (AvgIpc) is 3.05. The Kier molecular flexibility index (Phi) is 3.53. The van der Waals surface area contributed by atoms with E-state index in [-0.39, 0.29) is 25.0 Å². The summed E-state index contributed by atoms with van der Waals surface area (Å²) >= 11 is 0. The van der Waals surface area contributed by atoms with Crippen LogP contribution in [-0.4, -0.2) is 33.6 Å². The number of rotatable bonds is 5. The van der Waals surface area contributed by atoms with E-state index in [0.29, 0.717) is 35.4 Å². The van der Waals surface area contributed by atoms with E-state index in [1.54, 1.807) is 30.3 Å². The van der Waals surface area contributed by atoms with E-state index < -0.39 is 0 Å². The first-order chi connectivity index (χ1) is 10.2. The number of imide groups is 1. The van der Waals surface area contributed by atoms with Crippen LogP contribution in [0.2, 0.25) is 0 Å². The van der Waals surface area contributed by atoms with Crippen LogP contribution in [0.5, 0.6) is 0 Å². The Bertz CT molecular complexity index is 657. The van der Waals surface area contributed by atoms with Gasteiger partial charge >= 0.3 is 0 Å². The number of hydrogen-bond acceptors (Lipinski definition) is 5. The van der Waals surface area contributed by atoms with E-state index in [0.717, 1.165) is 0 Å². The number of benzene rings is 1. The number of fused-ring (bicyclic) bond motifs is 1. The number of hydrogen-bond donors (Lipinski definition) is 1. The maximum Gasteiger partial charge on any atom is 0.261 e. The first-order valence-corrected chi connectivity index (χ1v) is 6.71. The zero-order valence-corrected chi connectivity index (χ0v) is 11.3. The molecule has 3 rings (SSSR count). The van der Waals surface area contributed by atoms with Crippen molar-refractivity contribution in [3.63, 3.8) is 0 Å². The SMILES string of the molecule is O=C1c2ccccc2C(=O)N1Cc1cc(CCCO)on1. The highest BCUT2D eigenvalue weighted by Gasteiger charge is 2.35. The second-order valence-corrected chi connectivity index (χ2v) is 4.85. The minimum absolute atomic E-state index is 0.0778. The van der Waals surface area contributed by atoms with Gasteiger partial charge in [-0.15, -0.1) is 0 Å². The van der Waals surface area contributed by atoms with E-state index in [2.05, 4.69) is 5.16 Å². The summed E-state index contributed by atoms with van der Waals surface area (Å²) in [5.74, 6) is 0.0154. The summed E-state index contributed by atoms with van der Waals surface area (Å²) in [6.07, 6.45) is 1.16. The van der Waals surface area contributed by atoms with Gasteiger partial charge in [0.25, 0.3) is 11.8 Å². The molecular formula is C15H14N2O4. The molecule has 1 aliphatic heterocycles. The normalized spacial score (nSPS) is 13.9. The van der Waals surface area contributed by atoms with E-state index in [1.807, 2.05) is 0 Å². The summed E-state index contributed by atoms with van der Waals surface area (Å²) in [4.78, 5) is 25.6. The molecule has 6 heteroatoms. The number of carbonyl (C=O) groups excluding carboxylic acids is 2. The maximum atomic E-state index is 12.2. The fourth-order valence-electron chi connectivity index (χ4n) is 2.35. The van der Waals surface area contributed by atoms with Crippen molar-refractivity contribution in [2.75, 3.05) is 6.61 Å². The number of nitrogens with zero attached hydrogens (tertiary/aromatic N) is 2. The fraction of sp³-hybridized carbons (Fsp3) is 0.267. The van der Waals surface area contributed by atoms with Gasteiger partial charge in [0.1, 0.15) is 11.5 Å². The fourth-order valence-corrected chi connectivity index (χ4v) is 2.35. The lowest BCUT2D eigenvalue weighted by atomic mass is 10.1. The molecule has 0 unspecified atom stereocenters. The minimum Gasteiger partial charge on any atom is -0.396 e. The van der Waals surface area contributed by atoms with Crippen LogP contribution in [0.15, 0.2) is 34.9 Å². The molecule has 1 aromatic carbocycles. The molecule has 1 aromatic heterocycles. The van der Waals surface area contributed by atoms with Gasteiger partial charge in [-0.25, -0.2) is 0 Å². The third kappa shape index (κ3) is 2.45. The molecule has 0 spiro atoms. The monoisotopic (exact) mass is 286 g/mol. The zero-order valence-electron chi connectivity index (χ0n) is 11.3. The molecule has 2 aromatic rings. The van der Waals surface area contributed by atoms with Crippen molar-refractivity contribution < 1.29 is 19.2 Å². The largest absolute Gasteiger partial charge is 0.396 e. The second-order valence-electron chi connectivity index (χ2n) is 4.85. The standard InChI is InChI=1S/C15H14N2O4/c18-7-3-4-11-8-10(16-21-11)9-17-14(19)12-5-1-2-6-13(12)15(17)20/h1-2,5-6,8,18H,3-4,7,9H2. The van der Waals surface area contributed by atoms with Crippen LogP contribution in [0.1, 0.15) is 38.6 Å². The van der Waals surface area contributed by atoms with Crippen molar-refractivity contribution in [2.24, 2.45) is 0 Å². The van der Waals surface area contributed by atoms with Crippen LogP contribution in [0.4, 0.5) is 0 Å². The summed E-state index contributed by atoms with van der Waals surface area (Å²) < 4.78 is 5.11. The van der Waals surface area contributed by atoms with Crippen molar-refractivity contribution in [3.8, 4) is 0 Å². The van der Waals surface area contributed by atoms with Gasteiger partial charge in [-0.3, -0.25) is 14.5 Å². The molecule has 2 heterocycles. The molecule has 0 bridgehead atoms. The zero-order chi connectivity index (χ0) is 14.8. The van der Waals surface area contributed by atoms with Crippen LogP contribution in [-0.2, 0) is 13.0 Å². The van der Waals surface area contributed by atoms with Gasteiger partial charge in [-0.2, -0.15) is 0 Å². The lowest BCUT2D eigenvalue weighted by molar-refractivity contribution is 0.0639. The molecule has 21 heavy (non-hydrogen) atoms. The van der Waals surface area contributed by atoms with Crippen molar-refractivity contribution in [3.05, 3.63) is 52.9 Å². The van der Waals surface area contributed by atoms with Gasteiger partial charge in [0, 0.05) is 19.1 Å². The predicted molar refractivity (Wildman–Crippen MR) is 72.6 cm³/mol. The van der Waals surface area contributed by atoms with E-state index in [1.165, 1.54) is 4.90 Å². The van der Waals surface area contributed by atoms with Crippen molar-refractivity contribution in [2.45, 2.75) is 19.4 Å². The van der Waals surface area contributed by atoms with Crippen molar-refractivity contribution >= 4 is 11.8 Å². The number of carbonyl (C=O) groups is 2. The molecule has 0 fully saturated rings. The first kappa shape index (κ1) is 13.5. The maximum absolute atomic E-state index is 12.2. The number of aryl methyl sites for hydroxylation is 1. The summed E-state index contributed by atoms with van der Waals surface area (Å²) in [6.45, 7) is 0.170. The van der Waals surface area contributed by atoms with Crippen LogP contribution in [0.25, 0.3) is 0 Å². The third-order valence-corrected chi connectivity index (χ3v) is 3.39. The Morgan fingerprint density at radius 2 is 1.81 bits per heavy atom. The lowest BCUT2D eigenvalue weighted by Gasteiger charge is -2.10. The highest BCUT2D eigenvalue weighted by molar-refractivity contribution is 6.21. The highest BCUT2D eigenvalue weighted by atomic mass is 16.5. The molecular weight excluding hydrogens is 272 g/mol. The van der Waals surface area contributed by atoms with E-state index in [4.69, 9.17) is 9.63 Å². The summed E-state index contributed by atoms with van der Waals surface area (Å²) in [6, 6.07) is 8.46. The van der Waals surface area contributed by atoms with Gasteiger partial charge < -0.3 is 9.63 Å². The molecule has 1 aliphatic rings. The van der Waals surface area contributed by atoms with Crippen molar-refractivity contribution in [1.29, 1.82) is 0 Å². The topological polar surface area (TPSA) is 83.6 Å². The quantitative estimate of drug-likeness (QED) is 0.840. The first-order valence-electron chi connectivity index (χ1n) is 6.71. The minimum atomic E-state index is -0.310. The van der Waals surface area contributed by atoms with Gasteiger partial charge in [-0.1, -0.05) is 17.3 Å². The lowest BCUT2D eigenvalue weighted by Crippen LogP contribution is -2.29. The Morgan fingerprint density at radius 3 is 2.43 bits per heavy atom.